The van der Waals surface area contributed by atoms with Crippen molar-refractivity contribution >= 4 is 108 Å². The molecule has 6 aromatic rings. The van der Waals surface area contributed by atoms with Gasteiger partial charge in [0, 0.05) is 66.2 Å². The van der Waals surface area contributed by atoms with E-state index < -0.39 is 54.5 Å². The number of aromatic nitrogens is 2. The molecule has 0 atom stereocenters. The van der Waals surface area contributed by atoms with Gasteiger partial charge in [0.15, 0.2) is 10.0 Å². The standard InChI is InChI=1S/C22H19F7N5O3S2.C20H21N5O5S2.Ni/c1-11(2)10-34-6-5-12-7-15(16(9-17(12)34)33-39(35,36)22(27,28)29)31-32-20-30-14-4-3-13(8-18(14)38-20)37-21(25,26)19(23)24;1-12(2)11-24-7-3-4-13-8-16(19(10-17(13)24)32(28,29)30)22-23-20-21-15-6-5-14(25(26)27)9-18(15)31-20;/h3-4,7-9,11,19H,5-6,10H2,1-2H3;5-6,8-10,12H,3-4,7,11H2,1-2H3,(H,28,29,30);/q-1;;. The summed E-state index contributed by atoms with van der Waals surface area (Å²) in [5.74, 6) is 0.0634. The molecule has 0 aliphatic carbocycles. The summed E-state index contributed by atoms with van der Waals surface area (Å²) in [6, 6.07) is 13.3. The van der Waals surface area contributed by atoms with Crippen LogP contribution in [0.3, 0.4) is 0 Å². The van der Waals surface area contributed by atoms with Crippen LogP contribution in [-0.4, -0.2) is 80.5 Å². The molecule has 8 rings (SSSR count). The summed E-state index contributed by atoms with van der Waals surface area (Å²) < 4.78 is 156. The Morgan fingerprint density at radius 2 is 1.32 bits per heavy atom. The fourth-order valence-corrected chi connectivity index (χ4v) is 10.3. The third-order valence-electron chi connectivity index (χ3n) is 10.4. The summed E-state index contributed by atoms with van der Waals surface area (Å²) >= 11 is 1.90. The Labute approximate surface area is 424 Å². The van der Waals surface area contributed by atoms with Crippen molar-refractivity contribution in [2.45, 2.75) is 69.9 Å². The van der Waals surface area contributed by atoms with Gasteiger partial charge in [0.1, 0.15) is 16.3 Å². The number of rotatable bonds is 15. The van der Waals surface area contributed by atoms with E-state index >= 15 is 0 Å². The number of sulfonamides is 1. The number of alkyl halides is 7. The van der Waals surface area contributed by atoms with E-state index in [1.807, 2.05) is 18.7 Å². The first-order valence-corrected chi connectivity index (χ1v) is 25.7. The molecule has 1 N–H and O–H groups in total. The van der Waals surface area contributed by atoms with Crippen molar-refractivity contribution in [1.29, 1.82) is 0 Å². The Morgan fingerprint density at radius 1 is 0.778 bits per heavy atom. The zero-order chi connectivity index (χ0) is 51.8. The Hall–Kier alpha value is -5.68. The maximum Gasteiger partial charge on any atom is 0.483 e. The van der Waals surface area contributed by atoms with Crippen molar-refractivity contribution < 1.29 is 78.3 Å². The van der Waals surface area contributed by atoms with Crippen molar-refractivity contribution in [2.75, 3.05) is 36.0 Å². The minimum atomic E-state index is -5.90. The minimum absolute atomic E-state index is 0. The van der Waals surface area contributed by atoms with Crippen molar-refractivity contribution in [3.05, 3.63) is 86.6 Å². The van der Waals surface area contributed by atoms with Gasteiger partial charge in [-0.3, -0.25) is 14.7 Å². The summed E-state index contributed by atoms with van der Waals surface area (Å²) in [5, 5.41) is 27.0. The van der Waals surface area contributed by atoms with Crippen LogP contribution in [-0.2, 0) is 49.5 Å². The number of hydrogen-bond donors (Lipinski definition) is 1. The average molecular weight is 1130 g/mol. The predicted octanol–water partition coefficient (Wildman–Crippen LogP) is 13.1. The Bertz CT molecular complexity index is 3290. The number of nitro benzene ring substituents is 1. The van der Waals surface area contributed by atoms with Gasteiger partial charge >= 0.3 is 18.0 Å². The molecule has 4 heterocycles. The number of fused-ring (bicyclic) bond motifs is 4. The molecule has 0 amide bonds. The quantitative estimate of drug-likeness (QED) is 0.0252. The second-order valence-corrected chi connectivity index (χ2v) is 21.8. The number of nitro groups is 1. The van der Waals surface area contributed by atoms with E-state index in [1.165, 1.54) is 42.5 Å². The fraction of sp³-hybridized carbons (Fsp3) is 0.381. The molecule has 30 heteroatoms. The van der Waals surface area contributed by atoms with Crippen LogP contribution in [0.2, 0.25) is 0 Å². The summed E-state index contributed by atoms with van der Waals surface area (Å²) in [6.45, 7) is 10.8. The molecule has 72 heavy (non-hydrogen) atoms. The summed E-state index contributed by atoms with van der Waals surface area (Å²) in [4.78, 5) is 22.5. The molecule has 0 radical (unpaired) electrons. The normalized spacial score (nSPS) is 14.4. The first kappa shape index (κ1) is 55.6. The number of non-ortho nitro benzene ring substituents is 1. The number of benzene rings is 4. The second-order valence-electron chi connectivity index (χ2n) is 16.8. The number of aryl methyl sites for hydroxylation is 1. The van der Waals surface area contributed by atoms with E-state index in [9.17, 15) is 62.2 Å². The Morgan fingerprint density at radius 3 is 1.89 bits per heavy atom. The average Bonchev–Trinajstić information content (AvgIpc) is 3.99. The number of nitrogens with zero attached hydrogens (tertiary/aromatic N) is 10. The van der Waals surface area contributed by atoms with Crippen LogP contribution in [0.15, 0.2) is 86.0 Å². The molecule has 0 fully saturated rings. The van der Waals surface area contributed by atoms with Crippen LogP contribution >= 0.6 is 22.7 Å². The van der Waals surface area contributed by atoms with Crippen LogP contribution in [0, 0.1) is 22.0 Å². The van der Waals surface area contributed by atoms with Crippen LogP contribution in [0.1, 0.15) is 45.2 Å². The second kappa shape index (κ2) is 21.8. The van der Waals surface area contributed by atoms with Crippen LogP contribution < -0.4 is 14.5 Å². The van der Waals surface area contributed by atoms with E-state index in [4.69, 9.17) is 0 Å². The van der Waals surface area contributed by atoms with Crippen molar-refractivity contribution in [1.82, 2.24) is 9.97 Å². The zero-order valence-corrected chi connectivity index (χ0v) is 42.1. The van der Waals surface area contributed by atoms with Crippen molar-refractivity contribution in [3.63, 3.8) is 0 Å². The summed E-state index contributed by atoms with van der Waals surface area (Å²) in [5.41, 5.74) is -2.77. The van der Waals surface area contributed by atoms with E-state index in [-0.39, 0.29) is 64.8 Å². The third-order valence-corrected chi connectivity index (χ3v) is 14.1. The van der Waals surface area contributed by atoms with Crippen LogP contribution in [0.4, 0.5) is 75.1 Å². The van der Waals surface area contributed by atoms with Gasteiger partial charge in [-0.15, -0.1) is 20.5 Å². The topological polar surface area (TPSA) is 237 Å². The first-order valence-electron chi connectivity index (χ1n) is 21.2. The van der Waals surface area contributed by atoms with Gasteiger partial charge < -0.3 is 19.3 Å². The monoisotopic (exact) mass is 1130 g/mol. The van der Waals surface area contributed by atoms with Gasteiger partial charge in [0.25, 0.3) is 15.8 Å². The maximum atomic E-state index is 13.2. The largest absolute Gasteiger partial charge is 0.568 e. The molecule has 2 aromatic heterocycles. The van der Waals surface area contributed by atoms with Gasteiger partial charge in [-0.2, -0.15) is 39.2 Å². The van der Waals surface area contributed by atoms with Crippen LogP contribution in [0.25, 0.3) is 25.2 Å². The first-order chi connectivity index (χ1) is 33.2. The molecule has 390 valence electrons. The van der Waals surface area contributed by atoms with E-state index in [1.54, 1.807) is 6.07 Å². The minimum Gasteiger partial charge on any atom is -0.568 e. The molecule has 0 unspecified atom stereocenters. The predicted molar refractivity (Wildman–Crippen MR) is 253 cm³/mol. The number of halogens is 7. The number of hydrogen-bond acceptors (Lipinski definition) is 17. The Kier molecular flexibility index (Phi) is 16.9. The SMILES string of the molecule is CC(C)CN1CCCc2cc(N=Nc3nc4ccc([N+](=O)[O-])cc4s3)c(S(=O)(=O)O)cc21.CC(C)CN1CCc2cc(N=Nc3nc4ccc(OC(F)(F)C(F)F)cc4s3)c([N-]S(=O)(=O)C(F)(F)F)cc21.[Ni]. The van der Waals surface area contributed by atoms with Gasteiger partial charge in [-0.25, -0.2) is 18.4 Å². The van der Waals surface area contributed by atoms with Crippen molar-refractivity contribution in [3.8, 4) is 5.75 Å². The third kappa shape index (κ3) is 13.1. The zero-order valence-electron chi connectivity index (χ0n) is 37.8. The molecular formula is C42H40F7N10NiO8S4-. The van der Waals surface area contributed by atoms with Gasteiger partial charge in [0.05, 0.1) is 31.0 Å². The van der Waals surface area contributed by atoms with Gasteiger partial charge in [-0.1, -0.05) is 62.1 Å². The van der Waals surface area contributed by atoms with Crippen LogP contribution in [0.5, 0.6) is 5.75 Å². The summed E-state index contributed by atoms with van der Waals surface area (Å²) in [6.07, 6.45) is -6.54. The molecule has 2 aliphatic rings. The molecule has 0 bridgehead atoms. The van der Waals surface area contributed by atoms with Gasteiger partial charge in [0.2, 0.25) is 10.3 Å². The maximum absolute atomic E-state index is 13.2. The van der Waals surface area contributed by atoms with Crippen molar-refractivity contribution in [2.24, 2.45) is 32.3 Å². The fourth-order valence-electron chi connectivity index (χ4n) is 7.49. The number of thiazole rings is 2. The molecular weight excluding hydrogens is 1090 g/mol. The Balaban J connectivity index is 0.000000236. The van der Waals surface area contributed by atoms with E-state index in [2.05, 4.69) is 58.6 Å². The molecule has 0 spiro atoms. The molecule has 0 saturated carbocycles. The molecule has 4 aromatic carbocycles. The summed E-state index contributed by atoms with van der Waals surface area (Å²) in [7, 11) is -10.4. The number of azo groups is 2. The molecule has 0 saturated heterocycles. The van der Waals surface area contributed by atoms with E-state index in [0.29, 0.717) is 46.9 Å². The van der Waals surface area contributed by atoms with E-state index in [0.717, 1.165) is 72.0 Å². The molecule has 2 aliphatic heterocycles. The number of ether oxygens (including phenoxy) is 1. The molecule has 18 nitrogen and oxygen atoms in total. The smallest absolute Gasteiger partial charge is 0.483 e. The van der Waals surface area contributed by atoms with Gasteiger partial charge in [-0.05, 0) is 84.7 Å². The number of anilines is 2.